The van der Waals surface area contributed by atoms with E-state index in [1.807, 2.05) is 35.4 Å². The molecule has 0 bridgehead atoms. The van der Waals surface area contributed by atoms with Crippen LogP contribution in [0.2, 0.25) is 0 Å². The highest BCUT2D eigenvalue weighted by atomic mass is 15.0. The second-order valence-electron chi connectivity index (χ2n) is 4.46. The highest BCUT2D eigenvalue weighted by Crippen LogP contribution is 2.11. The molecule has 0 N–H and O–H groups in total. The van der Waals surface area contributed by atoms with Gasteiger partial charge in [-0.25, -0.2) is 4.98 Å². The quantitative estimate of drug-likeness (QED) is 0.711. The molecule has 19 heavy (non-hydrogen) atoms. The zero-order chi connectivity index (χ0) is 12.9. The van der Waals surface area contributed by atoms with Crippen molar-refractivity contribution in [1.29, 1.82) is 0 Å². The van der Waals surface area contributed by atoms with Crippen molar-refractivity contribution in [3.63, 3.8) is 0 Å². The van der Waals surface area contributed by atoms with Crippen LogP contribution in [0, 0.1) is 0 Å². The zero-order valence-electron chi connectivity index (χ0n) is 10.6. The number of nitrogens with zero attached hydrogens (tertiary/aromatic N) is 3. The van der Waals surface area contributed by atoms with Crippen LogP contribution in [-0.4, -0.2) is 14.5 Å². The van der Waals surface area contributed by atoms with Crippen LogP contribution in [0.4, 0.5) is 0 Å². The number of hydrogen-bond acceptors (Lipinski definition) is 2. The third kappa shape index (κ3) is 2.88. The SMILES string of the molecule is c1ccc(CCc2ccc(-n3ccnc3)cc2)nc1. The molecule has 0 aliphatic heterocycles. The minimum Gasteiger partial charge on any atom is -0.306 e. The van der Waals surface area contributed by atoms with E-state index in [2.05, 4.69) is 40.3 Å². The fourth-order valence-electron chi connectivity index (χ4n) is 2.07. The number of pyridine rings is 1. The van der Waals surface area contributed by atoms with Crippen molar-refractivity contribution in [1.82, 2.24) is 14.5 Å². The van der Waals surface area contributed by atoms with Crippen LogP contribution < -0.4 is 0 Å². The van der Waals surface area contributed by atoms with Gasteiger partial charge in [0.2, 0.25) is 0 Å². The molecular weight excluding hydrogens is 234 g/mol. The molecule has 0 atom stereocenters. The first kappa shape index (κ1) is 11.7. The van der Waals surface area contributed by atoms with E-state index in [1.54, 1.807) is 6.20 Å². The van der Waals surface area contributed by atoms with Crippen molar-refractivity contribution < 1.29 is 0 Å². The standard InChI is InChI=1S/C16H15N3/c1-2-10-18-15(3-1)7-4-14-5-8-16(9-6-14)19-12-11-17-13-19/h1-3,5-6,8-13H,4,7H2. The van der Waals surface area contributed by atoms with E-state index in [4.69, 9.17) is 0 Å². The molecule has 0 aliphatic rings. The molecule has 2 aromatic heterocycles. The topological polar surface area (TPSA) is 30.7 Å². The molecule has 0 aliphatic carbocycles. The van der Waals surface area contributed by atoms with Crippen molar-refractivity contribution in [3.05, 3.63) is 78.6 Å². The van der Waals surface area contributed by atoms with Crippen molar-refractivity contribution in [2.24, 2.45) is 0 Å². The summed E-state index contributed by atoms with van der Waals surface area (Å²) < 4.78 is 2.00. The molecule has 3 rings (SSSR count). The van der Waals surface area contributed by atoms with Gasteiger partial charge in [0, 0.05) is 30.0 Å². The van der Waals surface area contributed by atoms with E-state index in [9.17, 15) is 0 Å². The van der Waals surface area contributed by atoms with Gasteiger partial charge in [-0.3, -0.25) is 4.98 Å². The van der Waals surface area contributed by atoms with Gasteiger partial charge in [-0.05, 0) is 42.7 Å². The fraction of sp³-hybridized carbons (Fsp3) is 0.125. The summed E-state index contributed by atoms with van der Waals surface area (Å²) in [7, 11) is 0. The number of aryl methyl sites for hydroxylation is 2. The molecule has 0 radical (unpaired) electrons. The maximum Gasteiger partial charge on any atom is 0.0991 e. The van der Waals surface area contributed by atoms with Gasteiger partial charge in [-0.15, -0.1) is 0 Å². The van der Waals surface area contributed by atoms with E-state index in [1.165, 1.54) is 5.56 Å². The number of rotatable bonds is 4. The fourth-order valence-corrected chi connectivity index (χ4v) is 2.07. The van der Waals surface area contributed by atoms with Crippen LogP contribution in [0.5, 0.6) is 0 Å². The average molecular weight is 249 g/mol. The van der Waals surface area contributed by atoms with Crippen LogP contribution in [0.3, 0.4) is 0 Å². The lowest BCUT2D eigenvalue weighted by molar-refractivity contribution is 0.912. The van der Waals surface area contributed by atoms with Crippen molar-refractivity contribution in [2.75, 3.05) is 0 Å². The van der Waals surface area contributed by atoms with Gasteiger partial charge < -0.3 is 4.57 Å². The highest BCUT2D eigenvalue weighted by molar-refractivity contribution is 5.34. The molecule has 3 nitrogen and oxygen atoms in total. The van der Waals surface area contributed by atoms with Crippen LogP contribution in [0.1, 0.15) is 11.3 Å². The summed E-state index contributed by atoms with van der Waals surface area (Å²) in [6.45, 7) is 0. The molecule has 0 fully saturated rings. The van der Waals surface area contributed by atoms with Crippen molar-refractivity contribution in [2.45, 2.75) is 12.8 Å². The third-order valence-corrected chi connectivity index (χ3v) is 3.13. The highest BCUT2D eigenvalue weighted by Gasteiger charge is 1.98. The van der Waals surface area contributed by atoms with E-state index in [-0.39, 0.29) is 0 Å². The van der Waals surface area contributed by atoms with E-state index < -0.39 is 0 Å². The molecule has 1 aromatic carbocycles. The predicted octanol–water partition coefficient (Wildman–Crippen LogP) is 3.05. The Morgan fingerprint density at radius 3 is 2.47 bits per heavy atom. The smallest absolute Gasteiger partial charge is 0.0991 e. The van der Waals surface area contributed by atoms with Gasteiger partial charge in [0.15, 0.2) is 0 Å². The van der Waals surface area contributed by atoms with E-state index in [0.29, 0.717) is 0 Å². The van der Waals surface area contributed by atoms with Gasteiger partial charge in [0.05, 0.1) is 6.33 Å². The van der Waals surface area contributed by atoms with Crippen LogP contribution in [0.25, 0.3) is 5.69 Å². The van der Waals surface area contributed by atoms with Crippen molar-refractivity contribution >= 4 is 0 Å². The first-order valence-electron chi connectivity index (χ1n) is 6.39. The Kier molecular flexibility index (Phi) is 3.36. The Bertz CT molecular complexity index is 613. The minimum absolute atomic E-state index is 0.977. The summed E-state index contributed by atoms with van der Waals surface area (Å²) in [5, 5.41) is 0. The third-order valence-electron chi connectivity index (χ3n) is 3.13. The van der Waals surface area contributed by atoms with Crippen LogP contribution in [-0.2, 0) is 12.8 Å². The Hall–Kier alpha value is -2.42. The largest absolute Gasteiger partial charge is 0.306 e. The van der Waals surface area contributed by atoms with Crippen LogP contribution >= 0.6 is 0 Å². The van der Waals surface area contributed by atoms with E-state index >= 15 is 0 Å². The zero-order valence-corrected chi connectivity index (χ0v) is 10.6. The molecule has 3 heteroatoms. The molecule has 2 heterocycles. The van der Waals surface area contributed by atoms with Gasteiger partial charge in [-0.2, -0.15) is 0 Å². The lowest BCUT2D eigenvalue weighted by Gasteiger charge is -2.05. The van der Waals surface area contributed by atoms with Gasteiger partial charge in [0.1, 0.15) is 0 Å². The van der Waals surface area contributed by atoms with Crippen molar-refractivity contribution in [3.8, 4) is 5.69 Å². The normalized spacial score (nSPS) is 10.5. The second kappa shape index (κ2) is 5.48. The maximum absolute atomic E-state index is 4.34. The van der Waals surface area contributed by atoms with Crippen LogP contribution in [0.15, 0.2) is 67.4 Å². The first-order chi connectivity index (χ1) is 9.42. The predicted molar refractivity (Wildman–Crippen MR) is 75.2 cm³/mol. The molecule has 0 saturated heterocycles. The summed E-state index contributed by atoms with van der Waals surface area (Å²) in [5.74, 6) is 0. The Morgan fingerprint density at radius 2 is 1.79 bits per heavy atom. The molecule has 94 valence electrons. The Labute approximate surface area is 112 Å². The maximum atomic E-state index is 4.34. The summed E-state index contributed by atoms with van der Waals surface area (Å²) in [4.78, 5) is 8.39. The molecule has 0 amide bonds. The molecule has 0 saturated carbocycles. The first-order valence-corrected chi connectivity index (χ1v) is 6.39. The lowest BCUT2D eigenvalue weighted by atomic mass is 10.1. The second-order valence-corrected chi connectivity index (χ2v) is 4.46. The number of aromatic nitrogens is 3. The summed E-state index contributed by atoms with van der Waals surface area (Å²) >= 11 is 0. The average Bonchev–Trinajstić information content (AvgIpc) is 3.01. The number of benzene rings is 1. The number of imidazole rings is 1. The number of hydrogen-bond donors (Lipinski definition) is 0. The monoisotopic (exact) mass is 249 g/mol. The molecule has 0 unspecified atom stereocenters. The Balaban J connectivity index is 1.67. The summed E-state index contributed by atoms with van der Waals surface area (Å²) in [5.41, 5.74) is 3.61. The molecule has 0 spiro atoms. The van der Waals surface area contributed by atoms with Gasteiger partial charge in [0.25, 0.3) is 0 Å². The minimum atomic E-state index is 0.977. The molecule has 3 aromatic rings. The molecular formula is C16H15N3. The Morgan fingerprint density at radius 1 is 0.895 bits per heavy atom. The summed E-state index contributed by atoms with van der Waals surface area (Å²) in [6, 6.07) is 14.6. The van der Waals surface area contributed by atoms with E-state index in [0.717, 1.165) is 24.2 Å². The van der Waals surface area contributed by atoms with Gasteiger partial charge >= 0.3 is 0 Å². The lowest BCUT2D eigenvalue weighted by Crippen LogP contribution is -1.95. The van der Waals surface area contributed by atoms with Gasteiger partial charge in [-0.1, -0.05) is 18.2 Å². The summed E-state index contributed by atoms with van der Waals surface area (Å²) in [6.07, 6.45) is 9.38.